The van der Waals surface area contributed by atoms with Crippen molar-refractivity contribution in [2.45, 2.75) is 11.8 Å². The molecule has 104 valence electrons. The summed E-state index contributed by atoms with van der Waals surface area (Å²) in [6.45, 7) is 2.54. The van der Waals surface area contributed by atoms with Gasteiger partial charge in [-0.15, -0.1) is 11.8 Å². The SMILES string of the molecule is Cc1cc(C(=O)NCCSc2ccccc2)ccc1N. The van der Waals surface area contributed by atoms with Gasteiger partial charge in [0.1, 0.15) is 0 Å². The minimum Gasteiger partial charge on any atom is -0.399 e. The quantitative estimate of drug-likeness (QED) is 0.504. The smallest absolute Gasteiger partial charge is 0.251 e. The van der Waals surface area contributed by atoms with E-state index in [1.807, 2.05) is 31.2 Å². The lowest BCUT2D eigenvalue weighted by molar-refractivity contribution is 0.0956. The first-order valence-electron chi connectivity index (χ1n) is 6.49. The number of carbonyl (C=O) groups excluding carboxylic acids is 1. The molecule has 3 nitrogen and oxygen atoms in total. The van der Waals surface area contributed by atoms with Gasteiger partial charge in [0.25, 0.3) is 5.91 Å². The second-order valence-corrected chi connectivity index (χ2v) is 5.66. The molecule has 2 aromatic rings. The number of hydrogen-bond acceptors (Lipinski definition) is 3. The van der Waals surface area contributed by atoms with E-state index in [0.29, 0.717) is 17.8 Å². The number of nitrogens with one attached hydrogen (secondary N) is 1. The van der Waals surface area contributed by atoms with Crippen LogP contribution in [0.15, 0.2) is 53.4 Å². The molecular weight excluding hydrogens is 268 g/mol. The first kappa shape index (κ1) is 14.5. The zero-order valence-corrected chi connectivity index (χ0v) is 12.2. The van der Waals surface area contributed by atoms with E-state index in [0.717, 1.165) is 11.3 Å². The van der Waals surface area contributed by atoms with E-state index in [1.54, 1.807) is 23.9 Å². The van der Waals surface area contributed by atoms with Crippen molar-refractivity contribution < 1.29 is 4.79 Å². The third-order valence-electron chi connectivity index (χ3n) is 2.93. The van der Waals surface area contributed by atoms with Crippen molar-refractivity contribution in [2.24, 2.45) is 0 Å². The van der Waals surface area contributed by atoms with Crippen molar-refractivity contribution in [3.63, 3.8) is 0 Å². The van der Waals surface area contributed by atoms with Gasteiger partial charge in [0, 0.05) is 28.4 Å². The van der Waals surface area contributed by atoms with Gasteiger partial charge in [-0.05, 0) is 42.8 Å². The highest BCUT2D eigenvalue weighted by molar-refractivity contribution is 7.99. The minimum atomic E-state index is -0.0539. The highest BCUT2D eigenvalue weighted by Crippen LogP contribution is 2.16. The Morgan fingerprint density at radius 2 is 1.95 bits per heavy atom. The van der Waals surface area contributed by atoms with Crippen molar-refractivity contribution in [2.75, 3.05) is 18.0 Å². The Labute approximate surface area is 123 Å². The van der Waals surface area contributed by atoms with Crippen molar-refractivity contribution in [3.05, 3.63) is 59.7 Å². The summed E-state index contributed by atoms with van der Waals surface area (Å²) in [6.07, 6.45) is 0. The van der Waals surface area contributed by atoms with Crippen LogP contribution in [0.5, 0.6) is 0 Å². The van der Waals surface area contributed by atoms with Crippen LogP contribution >= 0.6 is 11.8 Å². The number of thioether (sulfide) groups is 1. The summed E-state index contributed by atoms with van der Waals surface area (Å²) in [5, 5.41) is 2.92. The maximum atomic E-state index is 12.0. The summed E-state index contributed by atoms with van der Waals surface area (Å²) in [5.74, 6) is 0.797. The van der Waals surface area contributed by atoms with Gasteiger partial charge in [0.05, 0.1) is 0 Å². The van der Waals surface area contributed by atoms with Crippen LogP contribution in [0.25, 0.3) is 0 Å². The van der Waals surface area contributed by atoms with E-state index in [2.05, 4.69) is 17.4 Å². The molecule has 0 aliphatic rings. The summed E-state index contributed by atoms with van der Waals surface area (Å²) in [7, 11) is 0. The lowest BCUT2D eigenvalue weighted by atomic mass is 10.1. The molecule has 0 bridgehead atoms. The molecule has 4 heteroatoms. The normalized spacial score (nSPS) is 10.2. The van der Waals surface area contributed by atoms with E-state index in [4.69, 9.17) is 5.73 Å². The monoisotopic (exact) mass is 286 g/mol. The van der Waals surface area contributed by atoms with Crippen LogP contribution in [0.2, 0.25) is 0 Å². The number of hydrogen-bond donors (Lipinski definition) is 2. The Bertz CT molecular complexity index is 584. The van der Waals surface area contributed by atoms with E-state index >= 15 is 0 Å². The number of benzene rings is 2. The molecule has 0 aliphatic heterocycles. The van der Waals surface area contributed by atoms with Crippen LogP contribution in [-0.4, -0.2) is 18.2 Å². The minimum absolute atomic E-state index is 0.0539. The van der Waals surface area contributed by atoms with Crippen molar-refractivity contribution in [3.8, 4) is 0 Å². The van der Waals surface area contributed by atoms with Crippen LogP contribution in [0, 0.1) is 6.92 Å². The number of carbonyl (C=O) groups is 1. The Balaban J connectivity index is 1.79. The van der Waals surface area contributed by atoms with Crippen LogP contribution in [0.1, 0.15) is 15.9 Å². The van der Waals surface area contributed by atoms with Gasteiger partial charge in [-0.2, -0.15) is 0 Å². The maximum absolute atomic E-state index is 12.0. The Kier molecular flexibility index (Phi) is 5.07. The fraction of sp³-hybridized carbons (Fsp3) is 0.188. The van der Waals surface area contributed by atoms with Gasteiger partial charge >= 0.3 is 0 Å². The molecule has 0 unspecified atom stereocenters. The lowest BCUT2D eigenvalue weighted by Gasteiger charge is -2.07. The second-order valence-electron chi connectivity index (χ2n) is 4.49. The third-order valence-corrected chi connectivity index (χ3v) is 3.95. The van der Waals surface area contributed by atoms with Crippen LogP contribution in [-0.2, 0) is 0 Å². The summed E-state index contributed by atoms with van der Waals surface area (Å²) in [5.41, 5.74) is 8.03. The van der Waals surface area contributed by atoms with Gasteiger partial charge in [-0.3, -0.25) is 4.79 Å². The predicted octanol–water partition coefficient (Wildman–Crippen LogP) is 3.10. The maximum Gasteiger partial charge on any atom is 0.251 e. The van der Waals surface area contributed by atoms with Gasteiger partial charge in [0.2, 0.25) is 0 Å². The summed E-state index contributed by atoms with van der Waals surface area (Å²) < 4.78 is 0. The molecule has 2 aromatic carbocycles. The molecule has 0 spiro atoms. The van der Waals surface area contributed by atoms with E-state index < -0.39 is 0 Å². The summed E-state index contributed by atoms with van der Waals surface area (Å²) in [4.78, 5) is 13.2. The second kappa shape index (κ2) is 7.01. The Hall–Kier alpha value is -1.94. The molecule has 0 atom stereocenters. The predicted molar refractivity (Wildman–Crippen MR) is 85.1 cm³/mol. The zero-order valence-electron chi connectivity index (χ0n) is 11.4. The van der Waals surface area contributed by atoms with Gasteiger partial charge in [-0.25, -0.2) is 0 Å². The number of amides is 1. The Morgan fingerprint density at radius 3 is 2.65 bits per heavy atom. The van der Waals surface area contributed by atoms with Crippen molar-refractivity contribution in [1.29, 1.82) is 0 Å². The number of nitrogen functional groups attached to an aromatic ring is 1. The number of anilines is 1. The molecule has 0 saturated carbocycles. The molecule has 0 radical (unpaired) electrons. The summed E-state index contributed by atoms with van der Waals surface area (Å²) in [6, 6.07) is 15.5. The first-order valence-corrected chi connectivity index (χ1v) is 7.47. The largest absolute Gasteiger partial charge is 0.399 e. The van der Waals surface area contributed by atoms with Crippen molar-refractivity contribution >= 4 is 23.4 Å². The van der Waals surface area contributed by atoms with Gasteiger partial charge < -0.3 is 11.1 Å². The molecule has 2 rings (SSSR count). The molecule has 20 heavy (non-hydrogen) atoms. The topological polar surface area (TPSA) is 55.1 Å². The average Bonchev–Trinajstić information content (AvgIpc) is 2.47. The molecule has 3 N–H and O–H groups in total. The van der Waals surface area contributed by atoms with Crippen LogP contribution < -0.4 is 11.1 Å². The van der Waals surface area contributed by atoms with Gasteiger partial charge in [0.15, 0.2) is 0 Å². The molecule has 0 aliphatic carbocycles. The van der Waals surface area contributed by atoms with E-state index in [1.165, 1.54) is 4.90 Å². The number of rotatable bonds is 5. The summed E-state index contributed by atoms with van der Waals surface area (Å²) >= 11 is 1.73. The van der Waals surface area contributed by atoms with Crippen molar-refractivity contribution in [1.82, 2.24) is 5.32 Å². The van der Waals surface area contributed by atoms with E-state index in [9.17, 15) is 4.79 Å². The third kappa shape index (κ3) is 4.03. The molecule has 0 aromatic heterocycles. The zero-order chi connectivity index (χ0) is 14.4. The van der Waals surface area contributed by atoms with Crippen LogP contribution in [0.4, 0.5) is 5.69 Å². The molecule has 0 fully saturated rings. The number of aryl methyl sites for hydroxylation is 1. The first-order chi connectivity index (χ1) is 9.66. The Morgan fingerprint density at radius 1 is 1.20 bits per heavy atom. The average molecular weight is 286 g/mol. The van der Waals surface area contributed by atoms with E-state index in [-0.39, 0.29) is 5.91 Å². The van der Waals surface area contributed by atoms with Crippen LogP contribution in [0.3, 0.4) is 0 Å². The highest BCUT2D eigenvalue weighted by atomic mass is 32.2. The molecule has 0 heterocycles. The fourth-order valence-electron chi connectivity index (χ4n) is 1.77. The standard InChI is InChI=1S/C16H18N2OS/c1-12-11-13(7-8-15(12)17)16(19)18-9-10-20-14-5-3-2-4-6-14/h2-8,11H,9-10,17H2,1H3,(H,18,19). The highest BCUT2D eigenvalue weighted by Gasteiger charge is 2.06. The lowest BCUT2D eigenvalue weighted by Crippen LogP contribution is -2.25. The fourth-order valence-corrected chi connectivity index (χ4v) is 2.56. The molecule has 0 saturated heterocycles. The molecular formula is C16H18N2OS. The van der Waals surface area contributed by atoms with Gasteiger partial charge in [-0.1, -0.05) is 18.2 Å². The molecule has 1 amide bonds. The number of nitrogens with two attached hydrogens (primary N) is 1.